The van der Waals surface area contributed by atoms with Crippen LogP contribution in [0.2, 0.25) is 0 Å². The third-order valence-corrected chi connectivity index (χ3v) is 2.22. The van der Waals surface area contributed by atoms with E-state index >= 15 is 0 Å². The Kier molecular flexibility index (Phi) is 3.85. The first-order chi connectivity index (χ1) is 4.15. The van der Waals surface area contributed by atoms with Crippen molar-refractivity contribution in [2.45, 2.75) is 32.6 Å². The Morgan fingerprint density at radius 1 is 1.40 bits per heavy atom. The van der Waals surface area contributed by atoms with Gasteiger partial charge in [-0.3, -0.25) is 4.79 Å². The van der Waals surface area contributed by atoms with E-state index in [1.807, 2.05) is 6.92 Å². The summed E-state index contributed by atoms with van der Waals surface area (Å²) in [6, 6.07) is 0. The molecule has 1 fully saturated rings. The van der Waals surface area contributed by atoms with E-state index in [4.69, 9.17) is 5.11 Å². The Morgan fingerprint density at radius 2 is 1.80 bits per heavy atom. The van der Waals surface area contributed by atoms with Gasteiger partial charge in [-0.25, -0.2) is 0 Å². The molecule has 0 bridgehead atoms. The average Bonchev–Trinajstić information content (AvgIpc) is 2.16. The van der Waals surface area contributed by atoms with E-state index in [1.54, 1.807) is 0 Å². The van der Waals surface area contributed by atoms with Crippen LogP contribution in [0.1, 0.15) is 32.6 Å². The van der Waals surface area contributed by atoms with Gasteiger partial charge in [0.05, 0.1) is 5.41 Å². The van der Waals surface area contributed by atoms with Gasteiger partial charge in [-0.05, 0) is 19.8 Å². The third-order valence-electron chi connectivity index (χ3n) is 2.22. The molecule has 1 saturated carbocycles. The molecule has 2 nitrogen and oxygen atoms in total. The SMILES string of the molecule is CC1(C(=O)O)CCCC1.[Hg]. The minimum Gasteiger partial charge on any atom is -0.481 e. The first-order valence-corrected chi connectivity index (χ1v) is 3.38. The second-order valence-electron chi connectivity index (χ2n) is 3.07. The summed E-state index contributed by atoms with van der Waals surface area (Å²) in [4.78, 5) is 10.5. The average molecular weight is 329 g/mol. The molecular formula is C7H12HgO2. The molecule has 1 N–H and O–H groups in total. The Morgan fingerprint density at radius 3 is 2.00 bits per heavy atom. The summed E-state index contributed by atoms with van der Waals surface area (Å²) in [5.41, 5.74) is -0.389. The smallest absolute Gasteiger partial charge is 0.309 e. The summed E-state index contributed by atoms with van der Waals surface area (Å²) < 4.78 is 0. The van der Waals surface area contributed by atoms with Crippen molar-refractivity contribution in [2.75, 3.05) is 0 Å². The molecule has 1 aliphatic carbocycles. The van der Waals surface area contributed by atoms with Gasteiger partial charge in [-0.15, -0.1) is 0 Å². The van der Waals surface area contributed by atoms with E-state index in [2.05, 4.69) is 0 Å². The number of hydrogen-bond acceptors (Lipinski definition) is 1. The monoisotopic (exact) mass is 330 g/mol. The van der Waals surface area contributed by atoms with Crippen LogP contribution in [-0.4, -0.2) is 11.1 Å². The summed E-state index contributed by atoms with van der Waals surface area (Å²) in [7, 11) is 0. The van der Waals surface area contributed by atoms with Crippen LogP contribution >= 0.6 is 0 Å². The van der Waals surface area contributed by atoms with Gasteiger partial charge in [0.15, 0.2) is 0 Å². The molecule has 0 aromatic heterocycles. The summed E-state index contributed by atoms with van der Waals surface area (Å²) in [5, 5.41) is 8.67. The zero-order chi connectivity index (χ0) is 6.91. The number of aliphatic carboxylic acids is 1. The summed E-state index contributed by atoms with van der Waals surface area (Å²) >= 11 is 0. The Balaban J connectivity index is 0.000000810. The van der Waals surface area contributed by atoms with Crippen molar-refractivity contribution in [3.63, 3.8) is 0 Å². The van der Waals surface area contributed by atoms with Crippen molar-refractivity contribution < 1.29 is 37.6 Å². The topological polar surface area (TPSA) is 37.3 Å². The van der Waals surface area contributed by atoms with Crippen LogP contribution in [0.25, 0.3) is 0 Å². The van der Waals surface area contributed by atoms with Gasteiger partial charge in [0.2, 0.25) is 0 Å². The summed E-state index contributed by atoms with van der Waals surface area (Å²) in [6.07, 6.45) is 3.90. The quantitative estimate of drug-likeness (QED) is 0.743. The van der Waals surface area contributed by atoms with Crippen LogP contribution in [-0.2, 0) is 32.5 Å². The molecule has 10 heavy (non-hydrogen) atoms. The fourth-order valence-electron chi connectivity index (χ4n) is 1.37. The standard InChI is InChI=1S/C7H12O2.Hg/c1-7(6(8)9)4-2-3-5-7;/h2-5H2,1H3,(H,8,9);. The largest absolute Gasteiger partial charge is 0.481 e. The molecule has 0 aliphatic heterocycles. The second kappa shape index (κ2) is 3.70. The number of carboxylic acid groups (broad SMARTS) is 1. The first kappa shape index (κ1) is 10.4. The van der Waals surface area contributed by atoms with Gasteiger partial charge in [0, 0.05) is 27.7 Å². The minimum absolute atomic E-state index is 0. The number of hydrogen-bond donors (Lipinski definition) is 1. The maximum Gasteiger partial charge on any atom is 0.309 e. The van der Waals surface area contributed by atoms with Crippen LogP contribution in [0.5, 0.6) is 0 Å². The number of rotatable bonds is 1. The fraction of sp³-hybridized carbons (Fsp3) is 0.857. The summed E-state index contributed by atoms with van der Waals surface area (Å²) in [5.74, 6) is -0.625. The molecule has 0 amide bonds. The normalized spacial score (nSPS) is 21.7. The molecule has 0 spiro atoms. The van der Waals surface area contributed by atoms with Crippen LogP contribution in [0, 0.1) is 5.41 Å². The third kappa shape index (κ3) is 1.94. The molecule has 0 atom stereocenters. The Hall–Kier alpha value is 0.405. The van der Waals surface area contributed by atoms with Gasteiger partial charge in [0.25, 0.3) is 0 Å². The van der Waals surface area contributed by atoms with E-state index < -0.39 is 5.97 Å². The molecule has 0 aromatic rings. The molecule has 54 valence electrons. The van der Waals surface area contributed by atoms with Crippen molar-refractivity contribution in [1.82, 2.24) is 0 Å². The number of carboxylic acids is 1. The van der Waals surface area contributed by atoms with Crippen LogP contribution in [0.4, 0.5) is 0 Å². The van der Waals surface area contributed by atoms with E-state index in [1.165, 1.54) is 0 Å². The predicted octanol–water partition coefficient (Wildman–Crippen LogP) is 1.65. The predicted molar refractivity (Wildman–Crippen MR) is 34.2 cm³/mol. The van der Waals surface area contributed by atoms with Gasteiger partial charge in [-0.2, -0.15) is 0 Å². The zero-order valence-electron chi connectivity index (χ0n) is 6.39. The van der Waals surface area contributed by atoms with Crippen LogP contribution in [0.15, 0.2) is 0 Å². The second-order valence-corrected chi connectivity index (χ2v) is 3.07. The Labute approximate surface area is 81.5 Å². The minimum atomic E-state index is -0.625. The van der Waals surface area contributed by atoms with Gasteiger partial charge in [0.1, 0.15) is 0 Å². The van der Waals surface area contributed by atoms with Crippen molar-refractivity contribution in [3.8, 4) is 0 Å². The number of carbonyl (C=O) groups is 1. The molecule has 0 aromatic carbocycles. The Bertz CT molecular complexity index is 128. The van der Waals surface area contributed by atoms with Gasteiger partial charge >= 0.3 is 5.97 Å². The van der Waals surface area contributed by atoms with Gasteiger partial charge in [-0.1, -0.05) is 12.8 Å². The summed E-state index contributed by atoms with van der Waals surface area (Å²) in [6.45, 7) is 1.84. The molecule has 3 heteroatoms. The van der Waals surface area contributed by atoms with E-state index in [9.17, 15) is 4.79 Å². The van der Waals surface area contributed by atoms with Crippen LogP contribution in [0.3, 0.4) is 0 Å². The molecular weight excluding hydrogens is 317 g/mol. The van der Waals surface area contributed by atoms with Crippen molar-refractivity contribution >= 4 is 5.97 Å². The van der Waals surface area contributed by atoms with Crippen LogP contribution < -0.4 is 0 Å². The van der Waals surface area contributed by atoms with Crippen molar-refractivity contribution in [2.24, 2.45) is 5.41 Å². The van der Waals surface area contributed by atoms with E-state index in [-0.39, 0.29) is 33.1 Å². The molecule has 1 aliphatic rings. The molecule has 0 radical (unpaired) electrons. The van der Waals surface area contributed by atoms with Crippen molar-refractivity contribution in [1.29, 1.82) is 0 Å². The fourth-order valence-corrected chi connectivity index (χ4v) is 1.37. The maximum atomic E-state index is 10.5. The van der Waals surface area contributed by atoms with Crippen molar-refractivity contribution in [3.05, 3.63) is 0 Å². The molecule has 0 saturated heterocycles. The maximum absolute atomic E-state index is 10.5. The van der Waals surface area contributed by atoms with Gasteiger partial charge < -0.3 is 5.11 Å². The molecule has 1 rings (SSSR count). The molecule has 0 unspecified atom stereocenters. The van der Waals surface area contributed by atoms with E-state index in [0.29, 0.717) is 0 Å². The molecule has 0 heterocycles. The van der Waals surface area contributed by atoms with E-state index in [0.717, 1.165) is 25.7 Å². The first-order valence-electron chi connectivity index (χ1n) is 3.38. The zero-order valence-corrected chi connectivity index (χ0v) is 11.9.